The third-order valence-electron chi connectivity index (χ3n) is 1.98. The van der Waals surface area contributed by atoms with Crippen LogP contribution in [0.4, 0.5) is 0 Å². The highest BCUT2D eigenvalue weighted by molar-refractivity contribution is 6.60. The lowest BCUT2D eigenvalue weighted by molar-refractivity contribution is 0.121. The van der Waals surface area contributed by atoms with Crippen molar-refractivity contribution >= 4 is 8.80 Å². The molecule has 0 aromatic rings. The smallest absolute Gasteiger partial charge is 0.377 e. The molecule has 0 amide bonds. The molecule has 4 N–H and O–H groups in total. The lowest BCUT2D eigenvalue weighted by atomic mass is 10.2. The molecule has 0 aromatic carbocycles. The van der Waals surface area contributed by atoms with Gasteiger partial charge in [-0.3, -0.25) is 0 Å². The van der Waals surface area contributed by atoms with Gasteiger partial charge in [0.1, 0.15) is 0 Å². The minimum absolute atomic E-state index is 0.0171. The lowest BCUT2D eigenvalue weighted by Gasteiger charge is -2.26. The molecule has 0 heterocycles. The molecule has 0 aliphatic heterocycles. The quantitative estimate of drug-likeness (QED) is 0.553. The summed E-state index contributed by atoms with van der Waals surface area (Å²) in [4.78, 5) is 0. The first-order valence-corrected chi connectivity index (χ1v) is 6.18. The molecule has 0 rings (SSSR count). The maximum Gasteiger partial charge on any atom is 0.501 e. The van der Waals surface area contributed by atoms with Crippen molar-refractivity contribution < 1.29 is 13.3 Å². The molecular formula is C7H20N2O3Si. The molecule has 5 nitrogen and oxygen atoms in total. The van der Waals surface area contributed by atoms with Crippen LogP contribution in [0.2, 0.25) is 6.04 Å². The molecule has 0 spiro atoms. The number of rotatable bonds is 7. The standard InChI is InChI=1S/C7H20N2O3Si/c1-10-13(11-2,12-3)6-7(9)4-5-8/h7H,4-6,8-9H2,1-3H3. The van der Waals surface area contributed by atoms with E-state index in [4.69, 9.17) is 24.7 Å². The van der Waals surface area contributed by atoms with Gasteiger partial charge in [-0.15, -0.1) is 0 Å². The van der Waals surface area contributed by atoms with Crippen LogP contribution in [0.25, 0.3) is 0 Å². The van der Waals surface area contributed by atoms with Gasteiger partial charge in [-0.2, -0.15) is 0 Å². The maximum atomic E-state index is 5.81. The summed E-state index contributed by atoms with van der Waals surface area (Å²) in [5.74, 6) is 0. The molecule has 0 bridgehead atoms. The van der Waals surface area contributed by atoms with E-state index in [1.807, 2.05) is 0 Å². The molecule has 0 radical (unpaired) electrons. The summed E-state index contributed by atoms with van der Waals surface area (Å²) >= 11 is 0. The molecule has 0 aliphatic carbocycles. The summed E-state index contributed by atoms with van der Waals surface area (Å²) in [6.07, 6.45) is 0.755. The predicted octanol–water partition coefficient (Wildman–Crippen LogP) is -0.459. The fourth-order valence-electron chi connectivity index (χ4n) is 1.14. The van der Waals surface area contributed by atoms with Crippen LogP contribution >= 0.6 is 0 Å². The van der Waals surface area contributed by atoms with Crippen molar-refractivity contribution in [3.8, 4) is 0 Å². The lowest BCUT2D eigenvalue weighted by Crippen LogP contribution is -2.47. The van der Waals surface area contributed by atoms with Gasteiger partial charge in [0.25, 0.3) is 0 Å². The fourth-order valence-corrected chi connectivity index (χ4v) is 2.98. The van der Waals surface area contributed by atoms with E-state index >= 15 is 0 Å². The monoisotopic (exact) mass is 208 g/mol. The Labute approximate surface area is 80.7 Å². The van der Waals surface area contributed by atoms with E-state index < -0.39 is 8.80 Å². The first kappa shape index (κ1) is 13.0. The minimum atomic E-state index is -2.50. The van der Waals surface area contributed by atoms with Crippen LogP contribution in [0.3, 0.4) is 0 Å². The topological polar surface area (TPSA) is 79.7 Å². The number of hydrogen-bond donors (Lipinski definition) is 2. The average molecular weight is 208 g/mol. The third kappa shape index (κ3) is 4.16. The normalized spacial score (nSPS) is 14.5. The van der Waals surface area contributed by atoms with Crippen molar-refractivity contribution in [2.75, 3.05) is 27.9 Å². The Bertz CT molecular complexity index is 125. The van der Waals surface area contributed by atoms with Crippen LogP contribution in [0, 0.1) is 0 Å². The average Bonchev–Trinajstić information content (AvgIpc) is 2.15. The van der Waals surface area contributed by atoms with Crippen LogP contribution in [-0.4, -0.2) is 42.7 Å². The Morgan fingerprint density at radius 3 is 1.92 bits per heavy atom. The highest BCUT2D eigenvalue weighted by Crippen LogP contribution is 2.15. The molecule has 6 heteroatoms. The van der Waals surface area contributed by atoms with Gasteiger partial charge in [-0.25, -0.2) is 0 Å². The molecule has 1 atom stereocenters. The highest BCUT2D eigenvalue weighted by atomic mass is 28.4. The van der Waals surface area contributed by atoms with Crippen LogP contribution in [0.5, 0.6) is 0 Å². The minimum Gasteiger partial charge on any atom is -0.377 e. The van der Waals surface area contributed by atoms with Crippen LogP contribution in [0.1, 0.15) is 6.42 Å². The van der Waals surface area contributed by atoms with Gasteiger partial charge in [0.2, 0.25) is 0 Å². The molecule has 0 aromatic heterocycles. The zero-order chi connectivity index (χ0) is 10.3. The van der Waals surface area contributed by atoms with E-state index in [1.54, 1.807) is 21.3 Å². The molecule has 0 fully saturated rings. The van der Waals surface area contributed by atoms with Crippen LogP contribution < -0.4 is 11.5 Å². The molecular weight excluding hydrogens is 188 g/mol. The summed E-state index contributed by atoms with van der Waals surface area (Å²) < 4.78 is 15.7. The number of nitrogens with two attached hydrogens (primary N) is 2. The van der Waals surface area contributed by atoms with E-state index in [9.17, 15) is 0 Å². The molecule has 0 saturated heterocycles. The summed E-state index contributed by atoms with van der Waals surface area (Å²) in [6.45, 7) is 0.572. The predicted molar refractivity (Wildman–Crippen MR) is 53.2 cm³/mol. The zero-order valence-electron chi connectivity index (χ0n) is 8.58. The van der Waals surface area contributed by atoms with Gasteiger partial charge in [-0.05, 0) is 13.0 Å². The zero-order valence-corrected chi connectivity index (χ0v) is 9.58. The first-order chi connectivity index (χ1) is 6.14. The summed E-state index contributed by atoms with van der Waals surface area (Å²) in [5, 5.41) is 0. The maximum absolute atomic E-state index is 5.81. The first-order valence-electron chi connectivity index (χ1n) is 4.25. The van der Waals surface area contributed by atoms with Crippen LogP contribution in [-0.2, 0) is 13.3 Å². The second-order valence-corrected chi connectivity index (χ2v) is 5.84. The van der Waals surface area contributed by atoms with Crippen molar-refractivity contribution in [2.24, 2.45) is 11.5 Å². The molecule has 13 heavy (non-hydrogen) atoms. The molecule has 0 aliphatic rings. The second kappa shape index (κ2) is 6.47. The van der Waals surface area contributed by atoms with Gasteiger partial charge < -0.3 is 24.7 Å². The van der Waals surface area contributed by atoms with E-state index in [-0.39, 0.29) is 6.04 Å². The summed E-state index contributed by atoms with van der Waals surface area (Å²) in [5.41, 5.74) is 11.2. The molecule has 1 unspecified atom stereocenters. The Balaban J connectivity index is 4.07. The van der Waals surface area contributed by atoms with E-state index in [0.717, 1.165) is 6.42 Å². The van der Waals surface area contributed by atoms with E-state index in [1.165, 1.54) is 0 Å². The van der Waals surface area contributed by atoms with Gasteiger partial charge in [0.15, 0.2) is 0 Å². The Morgan fingerprint density at radius 1 is 1.15 bits per heavy atom. The summed E-state index contributed by atoms with van der Waals surface area (Å²) in [7, 11) is 2.24. The Morgan fingerprint density at radius 2 is 1.62 bits per heavy atom. The second-order valence-electron chi connectivity index (χ2n) is 2.84. The van der Waals surface area contributed by atoms with E-state index in [2.05, 4.69) is 0 Å². The summed E-state index contributed by atoms with van der Waals surface area (Å²) in [6, 6.07) is 0.588. The molecule has 0 saturated carbocycles. The fraction of sp³-hybridized carbons (Fsp3) is 1.00. The SMILES string of the molecule is CO[Si](CC(N)CCN)(OC)OC. The van der Waals surface area contributed by atoms with E-state index in [0.29, 0.717) is 12.6 Å². The van der Waals surface area contributed by atoms with Crippen LogP contribution in [0.15, 0.2) is 0 Å². The Kier molecular flexibility index (Phi) is 6.48. The number of hydrogen-bond acceptors (Lipinski definition) is 5. The third-order valence-corrected chi connectivity index (χ3v) is 4.87. The Hall–Kier alpha value is 0.0169. The molecule has 80 valence electrons. The van der Waals surface area contributed by atoms with Gasteiger partial charge in [-0.1, -0.05) is 0 Å². The van der Waals surface area contributed by atoms with Gasteiger partial charge in [0.05, 0.1) is 0 Å². The van der Waals surface area contributed by atoms with Crippen molar-refractivity contribution in [3.63, 3.8) is 0 Å². The van der Waals surface area contributed by atoms with Gasteiger partial charge >= 0.3 is 8.80 Å². The highest BCUT2D eigenvalue weighted by Gasteiger charge is 2.39. The van der Waals surface area contributed by atoms with Gasteiger partial charge in [0, 0.05) is 33.4 Å². The van der Waals surface area contributed by atoms with Crippen molar-refractivity contribution in [3.05, 3.63) is 0 Å². The van der Waals surface area contributed by atoms with Crippen molar-refractivity contribution in [2.45, 2.75) is 18.5 Å². The largest absolute Gasteiger partial charge is 0.501 e. The van der Waals surface area contributed by atoms with Crippen molar-refractivity contribution in [1.29, 1.82) is 0 Å². The van der Waals surface area contributed by atoms with Crippen molar-refractivity contribution in [1.82, 2.24) is 0 Å².